The van der Waals surface area contributed by atoms with E-state index in [4.69, 9.17) is 45.3 Å². The quantitative estimate of drug-likeness (QED) is 0.827. The van der Waals surface area contributed by atoms with Crippen molar-refractivity contribution in [3.8, 4) is 5.75 Å². The molecule has 0 saturated carbocycles. The second-order valence-corrected chi connectivity index (χ2v) is 6.41. The van der Waals surface area contributed by atoms with Crippen molar-refractivity contribution in [2.45, 2.75) is 12.1 Å². The summed E-state index contributed by atoms with van der Waals surface area (Å²) in [6, 6.07) is 9.23. The lowest BCUT2D eigenvalue weighted by molar-refractivity contribution is -0.126. The highest BCUT2D eigenvalue weighted by Crippen LogP contribution is 2.42. The number of rotatable bonds is 3. The number of β-lactam (4-membered cyclic amide) rings is 1. The van der Waals surface area contributed by atoms with Gasteiger partial charge >= 0.3 is 0 Å². The molecule has 1 heterocycles. The molecule has 2 aromatic carbocycles. The lowest BCUT2D eigenvalue weighted by Crippen LogP contribution is -2.63. The molecule has 1 aliphatic heterocycles. The number of amides is 1. The summed E-state index contributed by atoms with van der Waals surface area (Å²) in [5.74, 6) is 0.344. The van der Waals surface area contributed by atoms with Gasteiger partial charge in [-0.3, -0.25) is 4.79 Å². The Bertz CT molecular complexity index is 782. The van der Waals surface area contributed by atoms with E-state index >= 15 is 0 Å². The summed E-state index contributed by atoms with van der Waals surface area (Å²) >= 11 is 18.3. The van der Waals surface area contributed by atoms with Gasteiger partial charge in [0.1, 0.15) is 11.8 Å². The summed E-state index contributed by atoms with van der Waals surface area (Å²) in [7, 11) is 1.53. The Morgan fingerprint density at radius 3 is 2.43 bits per heavy atom. The standard InChI is InChI=1S/C16H13Cl3N2O2/c1-23-13-5-3-9(7-12(13)19)21-15(14(20)16(21)22)10-4-2-8(17)6-11(10)18/h2-7,14-15H,20H2,1H3. The molecule has 1 aliphatic rings. The molecule has 0 bridgehead atoms. The zero-order valence-corrected chi connectivity index (χ0v) is 14.4. The van der Waals surface area contributed by atoms with Gasteiger partial charge in [-0.25, -0.2) is 0 Å². The fourth-order valence-corrected chi connectivity index (χ4v) is 3.45. The van der Waals surface area contributed by atoms with Crippen LogP contribution in [0.5, 0.6) is 5.75 Å². The number of nitrogens with two attached hydrogens (primary N) is 1. The van der Waals surface area contributed by atoms with Crippen LogP contribution in [-0.2, 0) is 4.79 Å². The number of ether oxygens (including phenoxy) is 1. The smallest absolute Gasteiger partial charge is 0.247 e. The Morgan fingerprint density at radius 2 is 1.83 bits per heavy atom. The van der Waals surface area contributed by atoms with E-state index in [2.05, 4.69) is 0 Å². The van der Waals surface area contributed by atoms with Gasteiger partial charge in [-0.05, 0) is 35.9 Å². The van der Waals surface area contributed by atoms with Gasteiger partial charge in [0.2, 0.25) is 5.91 Å². The molecule has 0 spiro atoms. The zero-order valence-electron chi connectivity index (χ0n) is 12.1. The van der Waals surface area contributed by atoms with E-state index in [-0.39, 0.29) is 11.9 Å². The van der Waals surface area contributed by atoms with Crippen molar-refractivity contribution in [2.75, 3.05) is 12.0 Å². The third-order valence-electron chi connectivity index (χ3n) is 3.84. The minimum atomic E-state index is -0.658. The molecule has 0 aliphatic carbocycles. The average Bonchev–Trinajstić information content (AvgIpc) is 2.52. The number of nitrogens with zero attached hydrogens (tertiary/aromatic N) is 1. The second kappa shape index (κ2) is 6.21. The van der Waals surface area contributed by atoms with Crippen LogP contribution < -0.4 is 15.4 Å². The van der Waals surface area contributed by atoms with Crippen LogP contribution in [-0.4, -0.2) is 19.1 Å². The first-order valence-corrected chi connectivity index (χ1v) is 7.94. The van der Waals surface area contributed by atoms with Crippen molar-refractivity contribution in [2.24, 2.45) is 5.73 Å². The molecule has 2 atom stereocenters. The van der Waals surface area contributed by atoms with Gasteiger partial charge in [-0.15, -0.1) is 0 Å². The lowest BCUT2D eigenvalue weighted by Gasteiger charge is -2.46. The third-order valence-corrected chi connectivity index (χ3v) is 4.69. The van der Waals surface area contributed by atoms with Crippen molar-refractivity contribution in [1.29, 1.82) is 0 Å². The Kier molecular flexibility index (Phi) is 4.43. The molecule has 2 unspecified atom stereocenters. The van der Waals surface area contributed by atoms with Crippen molar-refractivity contribution >= 4 is 46.4 Å². The van der Waals surface area contributed by atoms with E-state index in [1.807, 2.05) is 0 Å². The van der Waals surface area contributed by atoms with Crippen LogP contribution in [0.15, 0.2) is 36.4 Å². The van der Waals surface area contributed by atoms with Gasteiger partial charge in [-0.1, -0.05) is 40.9 Å². The normalized spacial score (nSPS) is 20.4. The number of carbonyl (C=O) groups excluding carboxylic acids is 1. The van der Waals surface area contributed by atoms with E-state index in [1.54, 1.807) is 41.3 Å². The van der Waals surface area contributed by atoms with Crippen molar-refractivity contribution in [1.82, 2.24) is 0 Å². The highest BCUT2D eigenvalue weighted by Gasteiger charge is 2.47. The number of hydrogen-bond acceptors (Lipinski definition) is 3. The van der Waals surface area contributed by atoms with Crippen LogP contribution in [0.3, 0.4) is 0 Å². The van der Waals surface area contributed by atoms with Crippen LogP contribution in [0.1, 0.15) is 11.6 Å². The van der Waals surface area contributed by atoms with Gasteiger partial charge in [0.25, 0.3) is 0 Å². The molecule has 3 rings (SSSR count). The molecule has 4 nitrogen and oxygen atoms in total. The Balaban J connectivity index is 2.00. The van der Waals surface area contributed by atoms with Crippen molar-refractivity contribution < 1.29 is 9.53 Å². The number of anilines is 1. The van der Waals surface area contributed by atoms with Gasteiger partial charge in [-0.2, -0.15) is 0 Å². The van der Waals surface area contributed by atoms with Crippen LogP contribution in [0.25, 0.3) is 0 Å². The summed E-state index contributed by atoms with van der Waals surface area (Å²) in [6.45, 7) is 0. The first-order chi connectivity index (χ1) is 10.9. The molecule has 2 aromatic rings. The molecule has 2 N–H and O–H groups in total. The molecule has 1 saturated heterocycles. The maximum atomic E-state index is 12.2. The van der Waals surface area contributed by atoms with Gasteiger partial charge in [0.15, 0.2) is 0 Å². The summed E-state index contributed by atoms with van der Waals surface area (Å²) in [5.41, 5.74) is 7.37. The van der Waals surface area contributed by atoms with E-state index in [0.717, 1.165) is 5.56 Å². The van der Waals surface area contributed by atoms with E-state index in [9.17, 15) is 4.79 Å². The SMILES string of the molecule is COc1ccc(N2C(=O)C(N)C2c2ccc(Cl)cc2Cl)cc1Cl. The first kappa shape index (κ1) is 16.4. The summed E-state index contributed by atoms with van der Waals surface area (Å²) in [4.78, 5) is 13.8. The van der Waals surface area contributed by atoms with E-state index < -0.39 is 6.04 Å². The van der Waals surface area contributed by atoms with Gasteiger partial charge in [0, 0.05) is 15.7 Å². The van der Waals surface area contributed by atoms with Crippen LogP contribution in [0, 0.1) is 0 Å². The molecule has 0 aromatic heterocycles. The van der Waals surface area contributed by atoms with Gasteiger partial charge < -0.3 is 15.4 Å². The fourth-order valence-electron chi connectivity index (χ4n) is 2.68. The van der Waals surface area contributed by atoms with Crippen molar-refractivity contribution in [3.05, 3.63) is 57.0 Å². The number of halogens is 3. The Morgan fingerprint density at radius 1 is 1.09 bits per heavy atom. The molecule has 1 fully saturated rings. The second-order valence-electron chi connectivity index (χ2n) is 5.16. The monoisotopic (exact) mass is 370 g/mol. The van der Waals surface area contributed by atoms with Crippen molar-refractivity contribution in [3.63, 3.8) is 0 Å². The summed E-state index contributed by atoms with van der Waals surface area (Å²) in [6.07, 6.45) is 0. The van der Waals surface area contributed by atoms with Crippen LogP contribution >= 0.6 is 34.8 Å². The largest absolute Gasteiger partial charge is 0.495 e. The van der Waals surface area contributed by atoms with E-state index in [0.29, 0.717) is 26.5 Å². The summed E-state index contributed by atoms with van der Waals surface area (Å²) < 4.78 is 5.13. The average molecular weight is 372 g/mol. The number of benzene rings is 2. The zero-order chi connectivity index (χ0) is 16.7. The molecular formula is C16H13Cl3N2O2. The lowest BCUT2D eigenvalue weighted by atomic mass is 9.88. The van der Waals surface area contributed by atoms with Gasteiger partial charge in [0.05, 0.1) is 18.2 Å². The maximum absolute atomic E-state index is 12.2. The predicted molar refractivity (Wildman–Crippen MR) is 92.7 cm³/mol. The maximum Gasteiger partial charge on any atom is 0.247 e. The number of carbonyl (C=O) groups is 1. The first-order valence-electron chi connectivity index (χ1n) is 6.81. The van der Waals surface area contributed by atoms with Crippen LogP contribution in [0.2, 0.25) is 15.1 Å². The predicted octanol–water partition coefficient (Wildman–Crippen LogP) is 4.07. The fraction of sp³-hybridized carbons (Fsp3) is 0.188. The molecule has 7 heteroatoms. The molecular weight excluding hydrogens is 359 g/mol. The number of hydrogen-bond donors (Lipinski definition) is 1. The molecule has 120 valence electrons. The minimum Gasteiger partial charge on any atom is -0.495 e. The topological polar surface area (TPSA) is 55.6 Å². The molecule has 1 amide bonds. The van der Waals surface area contributed by atoms with Crippen LogP contribution in [0.4, 0.5) is 5.69 Å². The highest BCUT2D eigenvalue weighted by atomic mass is 35.5. The molecule has 0 radical (unpaired) electrons. The highest BCUT2D eigenvalue weighted by molar-refractivity contribution is 6.35. The number of methoxy groups -OCH3 is 1. The Labute approximate surface area is 148 Å². The minimum absolute atomic E-state index is 0.192. The molecule has 23 heavy (non-hydrogen) atoms. The Hall–Kier alpha value is -1.46. The van der Waals surface area contributed by atoms with E-state index in [1.165, 1.54) is 7.11 Å². The summed E-state index contributed by atoms with van der Waals surface area (Å²) in [5, 5.41) is 1.41. The third kappa shape index (κ3) is 2.76.